The van der Waals surface area contributed by atoms with E-state index in [0.717, 1.165) is 17.0 Å². The fourth-order valence-corrected chi connectivity index (χ4v) is 2.47. The SMILES string of the molecule is COc1ccc(CC(=O)N2CC(=O)Nc3ccccc32)cc1. The minimum atomic E-state index is -0.179. The van der Waals surface area contributed by atoms with Crippen molar-refractivity contribution in [2.45, 2.75) is 6.42 Å². The van der Waals surface area contributed by atoms with Crippen LogP contribution in [0.4, 0.5) is 11.4 Å². The molecule has 22 heavy (non-hydrogen) atoms. The van der Waals surface area contributed by atoms with Crippen LogP contribution in [0.15, 0.2) is 48.5 Å². The lowest BCUT2D eigenvalue weighted by molar-refractivity contribution is -0.121. The Labute approximate surface area is 128 Å². The second-order valence-corrected chi connectivity index (χ2v) is 5.07. The molecule has 1 heterocycles. The van der Waals surface area contributed by atoms with Gasteiger partial charge in [0, 0.05) is 0 Å². The summed E-state index contributed by atoms with van der Waals surface area (Å²) in [7, 11) is 1.60. The molecule has 0 aromatic heterocycles. The van der Waals surface area contributed by atoms with Gasteiger partial charge in [0.25, 0.3) is 0 Å². The molecule has 112 valence electrons. The van der Waals surface area contributed by atoms with Crippen molar-refractivity contribution in [2.24, 2.45) is 0 Å². The van der Waals surface area contributed by atoms with E-state index in [0.29, 0.717) is 5.69 Å². The summed E-state index contributed by atoms with van der Waals surface area (Å²) in [6.45, 7) is 0.0476. The molecule has 3 rings (SSSR count). The number of rotatable bonds is 3. The first-order valence-corrected chi connectivity index (χ1v) is 6.99. The lowest BCUT2D eigenvalue weighted by Crippen LogP contribution is -2.42. The van der Waals surface area contributed by atoms with Crippen LogP contribution in [0.2, 0.25) is 0 Å². The van der Waals surface area contributed by atoms with Gasteiger partial charge in [-0.15, -0.1) is 0 Å². The summed E-state index contributed by atoms with van der Waals surface area (Å²) in [6.07, 6.45) is 0.242. The molecule has 0 aliphatic carbocycles. The van der Waals surface area contributed by atoms with Gasteiger partial charge in [-0.2, -0.15) is 0 Å². The van der Waals surface area contributed by atoms with Crippen LogP contribution >= 0.6 is 0 Å². The monoisotopic (exact) mass is 296 g/mol. The highest BCUT2D eigenvalue weighted by molar-refractivity contribution is 6.10. The average molecular weight is 296 g/mol. The van der Waals surface area contributed by atoms with E-state index in [9.17, 15) is 9.59 Å². The molecule has 2 aromatic rings. The van der Waals surface area contributed by atoms with E-state index in [-0.39, 0.29) is 24.8 Å². The maximum Gasteiger partial charge on any atom is 0.244 e. The number of fused-ring (bicyclic) bond motifs is 1. The first-order chi connectivity index (χ1) is 10.7. The van der Waals surface area contributed by atoms with Crippen LogP contribution in [-0.2, 0) is 16.0 Å². The Kier molecular flexibility index (Phi) is 3.78. The number of benzene rings is 2. The summed E-state index contributed by atoms with van der Waals surface area (Å²) in [4.78, 5) is 25.8. The fraction of sp³-hybridized carbons (Fsp3) is 0.176. The molecule has 1 aliphatic heterocycles. The first kappa shape index (κ1) is 14.1. The number of hydrogen-bond acceptors (Lipinski definition) is 3. The molecule has 5 nitrogen and oxygen atoms in total. The topological polar surface area (TPSA) is 58.6 Å². The smallest absolute Gasteiger partial charge is 0.244 e. The molecule has 0 unspecified atom stereocenters. The highest BCUT2D eigenvalue weighted by atomic mass is 16.5. The van der Waals surface area contributed by atoms with Crippen molar-refractivity contribution in [3.8, 4) is 5.75 Å². The van der Waals surface area contributed by atoms with Crippen molar-refractivity contribution >= 4 is 23.2 Å². The molecular formula is C17H16N2O3. The predicted molar refractivity (Wildman–Crippen MR) is 84.1 cm³/mol. The van der Waals surface area contributed by atoms with E-state index in [1.807, 2.05) is 42.5 Å². The standard InChI is InChI=1S/C17H16N2O3/c1-22-13-8-6-12(7-9-13)10-17(21)19-11-16(20)18-14-4-2-3-5-15(14)19/h2-9H,10-11H2,1H3,(H,18,20). The summed E-state index contributed by atoms with van der Waals surface area (Å²) in [5.74, 6) is 0.466. The average Bonchev–Trinajstić information content (AvgIpc) is 2.54. The quantitative estimate of drug-likeness (QED) is 0.945. The van der Waals surface area contributed by atoms with Crippen molar-refractivity contribution < 1.29 is 14.3 Å². The number of nitrogens with one attached hydrogen (secondary N) is 1. The molecule has 0 fully saturated rings. The van der Waals surface area contributed by atoms with E-state index in [4.69, 9.17) is 4.74 Å². The Morgan fingerprint density at radius 3 is 2.64 bits per heavy atom. The number of carbonyl (C=O) groups is 2. The summed E-state index contributed by atoms with van der Waals surface area (Å²) >= 11 is 0. The van der Waals surface area contributed by atoms with Gasteiger partial charge in [0.2, 0.25) is 11.8 Å². The third-order valence-corrected chi connectivity index (χ3v) is 3.59. The Bertz CT molecular complexity index is 710. The molecule has 0 saturated heterocycles. The highest BCUT2D eigenvalue weighted by Crippen LogP contribution is 2.29. The van der Waals surface area contributed by atoms with Gasteiger partial charge in [-0.25, -0.2) is 0 Å². The molecule has 0 spiro atoms. The second kappa shape index (κ2) is 5.89. The Morgan fingerprint density at radius 1 is 1.18 bits per heavy atom. The van der Waals surface area contributed by atoms with E-state index in [1.54, 1.807) is 13.2 Å². The van der Waals surface area contributed by atoms with Crippen molar-refractivity contribution in [2.75, 3.05) is 23.9 Å². The van der Waals surface area contributed by atoms with Crippen LogP contribution < -0.4 is 15.0 Å². The number of anilines is 2. The second-order valence-electron chi connectivity index (χ2n) is 5.07. The van der Waals surface area contributed by atoms with E-state index in [2.05, 4.69) is 5.32 Å². The molecule has 2 amide bonds. The number of nitrogens with zero attached hydrogens (tertiary/aromatic N) is 1. The molecule has 5 heteroatoms. The molecule has 0 saturated carbocycles. The van der Waals surface area contributed by atoms with Crippen molar-refractivity contribution in [1.29, 1.82) is 0 Å². The van der Waals surface area contributed by atoms with Crippen LogP contribution in [0.3, 0.4) is 0 Å². The van der Waals surface area contributed by atoms with E-state index >= 15 is 0 Å². The number of ether oxygens (including phenoxy) is 1. The van der Waals surface area contributed by atoms with Gasteiger partial charge >= 0.3 is 0 Å². The summed E-state index contributed by atoms with van der Waals surface area (Å²) in [5, 5.41) is 2.77. The maximum absolute atomic E-state index is 12.5. The summed E-state index contributed by atoms with van der Waals surface area (Å²) in [6, 6.07) is 14.7. The van der Waals surface area contributed by atoms with Gasteiger partial charge in [0.15, 0.2) is 0 Å². The van der Waals surface area contributed by atoms with Crippen LogP contribution in [0.1, 0.15) is 5.56 Å². The molecule has 0 radical (unpaired) electrons. The Balaban J connectivity index is 1.81. The number of hydrogen-bond donors (Lipinski definition) is 1. The summed E-state index contributed by atoms with van der Waals surface area (Å²) < 4.78 is 5.10. The largest absolute Gasteiger partial charge is 0.497 e. The lowest BCUT2D eigenvalue weighted by Gasteiger charge is -2.29. The number of carbonyl (C=O) groups excluding carboxylic acids is 2. The van der Waals surface area contributed by atoms with Gasteiger partial charge in [-0.3, -0.25) is 9.59 Å². The zero-order chi connectivity index (χ0) is 15.5. The van der Waals surface area contributed by atoms with Crippen molar-refractivity contribution in [3.05, 3.63) is 54.1 Å². The number of amides is 2. The zero-order valence-electron chi connectivity index (χ0n) is 12.2. The van der Waals surface area contributed by atoms with Gasteiger partial charge in [-0.05, 0) is 29.8 Å². The van der Waals surface area contributed by atoms with Gasteiger partial charge in [0.1, 0.15) is 12.3 Å². The highest BCUT2D eigenvalue weighted by Gasteiger charge is 2.26. The van der Waals surface area contributed by atoms with E-state index < -0.39 is 0 Å². The Morgan fingerprint density at radius 2 is 1.91 bits per heavy atom. The van der Waals surface area contributed by atoms with Crippen molar-refractivity contribution in [3.63, 3.8) is 0 Å². The fourth-order valence-electron chi connectivity index (χ4n) is 2.47. The van der Waals surface area contributed by atoms with Gasteiger partial charge in [-0.1, -0.05) is 24.3 Å². The van der Waals surface area contributed by atoms with Crippen LogP contribution in [0.25, 0.3) is 0 Å². The van der Waals surface area contributed by atoms with Gasteiger partial charge < -0.3 is 15.0 Å². The third-order valence-electron chi connectivity index (χ3n) is 3.59. The molecule has 1 N–H and O–H groups in total. The van der Waals surface area contributed by atoms with Crippen LogP contribution in [0.5, 0.6) is 5.75 Å². The molecule has 2 aromatic carbocycles. The Hall–Kier alpha value is -2.82. The maximum atomic E-state index is 12.5. The number of para-hydroxylation sites is 2. The van der Waals surface area contributed by atoms with Crippen LogP contribution in [0, 0.1) is 0 Å². The first-order valence-electron chi connectivity index (χ1n) is 6.99. The number of methoxy groups -OCH3 is 1. The molecular weight excluding hydrogens is 280 g/mol. The van der Waals surface area contributed by atoms with E-state index in [1.165, 1.54) is 4.90 Å². The molecule has 0 atom stereocenters. The third kappa shape index (κ3) is 2.79. The zero-order valence-corrected chi connectivity index (χ0v) is 12.2. The normalized spacial score (nSPS) is 13.3. The van der Waals surface area contributed by atoms with Gasteiger partial charge in [0.05, 0.1) is 24.9 Å². The van der Waals surface area contributed by atoms with Crippen molar-refractivity contribution in [1.82, 2.24) is 0 Å². The lowest BCUT2D eigenvalue weighted by atomic mass is 10.1. The predicted octanol–water partition coefficient (Wildman–Crippen LogP) is 2.22. The summed E-state index contributed by atoms with van der Waals surface area (Å²) in [5.41, 5.74) is 2.29. The minimum absolute atomic E-state index is 0.0476. The molecule has 1 aliphatic rings. The molecule has 0 bridgehead atoms. The van der Waals surface area contributed by atoms with Crippen LogP contribution in [-0.4, -0.2) is 25.5 Å². The minimum Gasteiger partial charge on any atom is -0.497 e.